The van der Waals surface area contributed by atoms with Crippen LogP contribution in [-0.2, 0) is 11.2 Å². The highest BCUT2D eigenvalue weighted by molar-refractivity contribution is 7.13. The second-order valence-electron chi connectivity index (χ2n) is 3.32. The third-order valence-electron chi connectivity index (χ3n) is 2.09. The Kier molecular flexibility index (Phi) is 3.29. The van der Waals surface area contributed by atoms with Gasteiger partial charge < -0.3 is 10.1 Å². The molecule has 0 atom stereocenters. The van der Waals surface area contributed by atoms with Gasteiger partial charge in [-0.15, -0.1) is 21.5 Å². The van der Waals surface area contributed by atoms with E-state index in [1.54, 1.807) is 0 Å². The highest BCUT2D eigenvalue weighted by atomic mass is 32.1. The third-order valence-corrected chi connectivity index (χ3v) is 2.97. The summed E-state index contributed by atoms with van der Waals surface area (Å²) in [6.07, 6.45) is -0.0432. The van der Waals surface area contributed by atoms with Crippen molar-refractivity contribution >= 4 is 17.3 Å². The number of H-pyrrole nitrogens is 1. The van der Waals surface area contributed by atoms with Gasteiger partial charge in [-0.25, -0.2) is 0 Å². The molecule has 0 fully saturated rings. The minimum Gasteiger partial charge on any atom is -0.481 e. The van der Waals surface area contributed by atoms with Crippen LogP contribution in [0.4, 0.5) is 0 Å². The van der Waals surface area contributed by atoms with E-state index < -0.39 is 5.97 Å². The zero-order valence-electron chi connectivity index (χ0n) is 8.71. The van der Waals surface area contributed by atoms with Gasteiger partial charge in [0.1, 0.15) is 5.69 Å². The van der Waals surface area contributed by atoms with E-state index >= 15 is 0 Å². The molecule has 2 heterocycles. The average Bonchev–Trinajstić information content (AvgIpc) is 2.80. The molecule has 2 N–H and O–H groups in total. The smallest absolute Gasteiger partial charge is 0.303 e. The Hall–Kier alpha value is -2.02. The number of hydrogen-bond acceptors (Lipinski definition) is 5. The maximum atomic E-state index is 11.6. The Labute approximate surface area is 100.0 Å². The molecule has 0 saturated heterocycles. The topological polar surface area (TPSA) is 95.9 Å². The van der Waals surface area contributed by atoms with Gasteiger partial charge in [-0.3, -0.25) is 9.59 Å². The molecule has 0 amide bonds. The minimum atomic E-state index is -0.964. The van der Waals surface area contributed by atoms with Crippen molar-refractivity contribution in [2.75, 3.05) is 0 Å². The van der Waals surface area contributed by atoms with Gasteiger partial charge in [0.15, 0.2) is 5.82 Å². The van der Waals surface area contributed by atoms with E-state index in [4.69, 9.17) is 5.11 Å². The molecule has 0 aliphatic rings. The molecule has 0 unspecified atom stereocenters. The van der Waals surface area contributed by atoms with Crippen molar-refractivity contribution in [3.8, 4) is 10.7 Å². The molecule has 0 aliphatic carbocycles. The molecule has 0 radical (unpaired) electrons. The molecule has 2 rings (SSSR count). The second-order valence-corrected chi connectivity index (χ2v) is 4.27. The van der Waals surface area contributed by atoms with Crippen LogP contribution in [0.1, 0.15) is 12.1 Å². The molecule has 2 aromatic rings. The molecular formula is C10H9N3O3S. The lowest BCUT2D eigenvalue weighted by Gasteiger charge is -1.98. The first-order valence-corrected chi connectivity index (χ1v) is 5.76. The van der Waals surface area contributed by atoms with E-state index in [0.29, 0.717) is 5.82 Å². The Morgan fingerprint density at radius 2 is 2.29 bits per heavy atom. The van der Waals surface area contributed by atoms with Crippen molar-refractivity contribution < 1.29 is 9.90 Å². The zero-order valence-corrected chi connectivity index (χ0v) is 9.53. The van der Waals surface area contributed by atoms with Gasteiger partial charge in [0.25, 0.3) is 5.56 Å². The van der Waals surface area contributed by atoms with E-state index in [9.17, 15) is 9.59 Å². The van der Waals surface area contributed by atoms with Crippen molar-refractivity contribution in [1.29, 1.82) is 0 Å². The number of aromatic amines is 1. The van der Waals surface area contributed by atoms with Crippen molar-refractivity contribution in [1.82, 2.24) is 15.2 Å². The lowest BCUT2D eigenvalue weighted by molar-refractivity contribution is -0.136. The number of carboxylic acids is 1. The van der Waals surface area contributed by atoms with Crippen LogP contribution in [0.15, 0.2) is 22.3 Å². The fourth-order valence-corrected chi connectivity index (χ4v) is 1.94. The largest absolute Gasteiger partial charge is 0.481 e. The Balaban J connectivity index is 2.23. The predicted octanol–water partition coefficient (Wildman–Crippen LogP) is 0.911. The van der Waals surface area contributed by atoms with Crippen molar-refractivity contribution in [2.45, 2.75) is 12.8 Å². The predicted molar refractivity (Wildman–Crippen MR) is 61.9 cm³/mol. The van der Waals surface area contributed by atoms with Gasteiger partial charge >= 0.3 is 5.97 Å². The number of aryl methyl sites for hydroxylation is 1. The maximum absolute atomic E-state index is 11.6. The second kappa shape index (κ2) is 4.88. The number of carboxylic acid groups (broad SMARTS) is 1. The van der Waals surface area contributed by atoms with Gasteiger partial charge in [0.2, 0.25) is 0 Å². The Morgan fingerprint density at radius 1 is 1.47 bits per heavy atom. The van der Waals surface area contributed by atoms with Crippen LogP contribution in [-0.4, -0.2) is 26.3 Å². The SMILES string of the molecule is O=C(O)CCc1nnc(-c2cccs2)[nH]c1=O. The summed E-state index contributed by atoms with van der Waals surface area (Å²) in [5.41, 5.74) is -0.239. The van der Waals surface area contributed by atoms with Gasteiger partial charge in [-0.05, 0) is 11.4 Å². The molecule has 6 nitrogen and oxygen atoms in total. The number of nitrogens with one attached hydrogen (secondary N) is 1. The summed E-state index contributed by atoms with van der Waals surface area (Å²) in [4.78, 5) is 25.4. The fraction of sp³-hybridized carbons (Fsp3) is 0.200. The summed E-state index contributed by atoms with van der Waals surface area (Å²) < 4.78 is 0. The fourth-order valence-electron chi connectivity index (χ4n) is 1.27. The number of aliphatic carboxylic acids is 1. The number of aromatic nitrogens is 3. The number of carbonyl (C=O) groups is 1. The van der Waals surface area contributed by atoms with Gasteiger partial charge in [0.05, 0.1) is 11.3 Å². The molecule has 7 heteroatoms. The van der Waals surface area contributed by atoms with Crippen LogP contribution in [0.5, 0.6) is 0 Å². The van der Waals surface area contributed by atoms with Crippen molar-refractivity contribution in [3.63, 3.8) is 0 Å². The lowest BCUT2D eigenvalue weighted by atomic mass is 10.2. The van der Waals surface area contributed by atoms with Crippen molar-refractivity contribution in [3.05, 3.63) is 33.6 Å². The summed E-state index contributed by atoms with van der Waals surface area (Å²) in [6.45, 7) is 0. The van der Waals surface area contributed by atoms with E-state index in [0.717, 1.165) is 4.88 Å². The van der Waals surface area contributed by atoms with Crippen LogP contribution in [0.2, 0.25) is 0 Å². The number of hydrogen-bond donors (Lipinski definition) is 2. The van der Waals surface area contributed by atoms with Crippen LogP contribution in [0.25, 0.3) is 10.7 Å². The van der Waals surface area contributed by atoms with Gasteiger partial charge in [0, 0.05) is 6.42 Å². The first-order chi connectivity index (χ1) is 8.16. The molecule has 0 aliphatic heterocycles. The minimum absolute atomic E-state index is 0.0857. The highest BCUT2D eigenvalue weighted by Crippen LogP contribution is 2.18. The molecule has 0 bridgehead atoms. The van der Waals surface area contributed by atoms with E-state index in [1.165, 1.54) is 11.3 Å². The molecule has 2 aromatic heterocycles. The number of rotatable bonds is 4. The first-order valence-electron chi connectivity index (χ1n) is 4.88. The maximum Gasteiger partial charge on any atom is 0.303 e. The molecule has 0 spiro atoms. The lowest BCUT2D eigenvalue weighted by Crippen LogP contribution is -2.18. The zero-order chi connectivity index (χ0) is 12.3. The van der Waals surface area contributed by atoms with Gasteiger partial charge in [-0.1, -0.05) is 6.07 Å². The molecular weight excluding hydrogens is 242 g/mol. The van der Waals surface area contributed by atoms with Crippen LogP contribution < -0.4 is 5.56 Å². The van der Waals surface area contributed by atoms with Crippen LogP contribution in [0.3, 0.4) is 0 Å². The summed E-state index contributed by atoms with van der Waals surface area (Å²) in [5, 5.41) is 18.0. The Bertz CT molecular complexity index is 577. The molecule has 17 heavy (non-hydrogen) atoms. The average molecular weight is 251 g/mol. The number of nitrogens with zero attached hydrogens (tertiary/aromatic N) is 2. The normalized spacial score (nSPS) is 10.4. The summed E-state index contributed by atoms with van der Waals surface area (Å²) in [5.74, 6) is -0.558. The molecule has 88 valence electrons. The van der Waals surface area contributed by atoms with E-state index in [1.807, 2.05) is 17.5 Å². The summed E-state index contributed by atoms with van der Waals surface area (Å²) in [7, 11) is 0. The first kappa shape index (κ1) is 11.5. The molecule has 0 aromatic carbocycles. The van der Waals surface area contributed by atoms with E-state index in [-0.39, 0.29) is 24.1 Å². The third kappa shape index (κ3) is 2.76. The van der Waals surface area contributed by atoms with Crippen LogP contribution >= 0.6 is 11.3 Å². The molecule has 0 saturated carbocycles. The quantitative estimate of drug-likeness (QED) is 0.842. The van der Waals surface area contributed by atoms with E-state index in [2.05, 4.69) is 15.2 Å². The number of thiophene rings is 1. The summed E-state index contributed by atoms with van der Waals surface area (Å²) >= 11 is 1.44. The van der Waals surface area contributed by atoms with Crippen molar-refractivity contribution in [2.24, 2.45) is 0 Å². The van der Waals surface area contributed by atoms with Gasteiger partial charge in [-0.2, -0.15) is 0 Å². The Morgan fingerprint density at radius 3 is 2.88 bits per heavy atom. The van der Waals surface area contributed by atoms with Crippen LogP contribution in [0, 0.1) is 0 Å². The monoisotopic (exact) mass is 251 g/mol. The highest BCUT2D eigenvalue weighted by Gasteiger charge is 2.08. The standard InChI is InChI=1S/C10H9N3O3S/c14-8(15)4-3-6-10(16)11-9(13-12-6)7-2-1-5-17-7/h1-2,5H,3-4H2,(H,14,15)(H,11,13,16). The summed E-state index contributed by atoms with van der Waals surface area (Å²) in [6, 6.07) is 3.67.